The minimum atomic E-state index is -0.649. The summed E-state index contributed by atoms with van der Waals surface area (Å²) in [7, 11) is 0. The predicted molar refractivity (Wildman–Crippen MR) is 132 cm³/mol. The molecule has 1 fully saturated rings. The number of hydrogen-bond donors (Lipinski definition) is 1. The van der Waals surface area contributed by atoms with E-state index < -0.39 is 23.3 Å². The van der Waals surface area contributed by atoms with E-state index in [1.807, 2.05) is 33.8 Å². The predicted octanol–water partition coefficient (Wildman–Crippen LogP) is 4.02. The van der Waals surface area contributed by atoms with Gasteiger partial charge in [-0.3, -0.25) is 24.1 Å². The molecule has 7 heteroatoms. The van der Waals surface area contributed by atoms with E-state index in [0.717, 1.165) is 5.57 Å². The SMILES string of the molecule is CCOc1cc(C2C3=CCC4C(=O)N(C(C)(C)C)C(=O)C4C3CC3=C2C(=O)C=C(C)C3=O)ccc1O. The van der Waals surface area contributed by atoms with Crippen molar-refractivity contribution in [1.29, 1.82) is 0 Å². The Morgan fingerprint density at radius 1 is 1.08 bits per heavy atom. The van der Waals surface area contributed by atoms with Crippen LogP contribution >= 0.6 is 0 Å². The molecule has 0 saturated carbocycles. The van der Waals surface area contributed by atoms with Crippen LogP contribution in [0.3, 0.4) is 0 Å². The Bertz CT molecular complexity index is 1310. The summed E-state index contributed by atoms with van der Waals surface area (Å²) in [6.07, 6.45) is 4.03. The largest absolute Gasteiger partial charge is 0.504 e. The highest BCUT2D eigenvalue weighted by molar-refractivity contribution is 6.23. The van der Waals surface area contributed by atoms with Gasteiger partial charge in [0.25, 0.3) is 0 Å². The number of hydrogen-bond acceptors (Lipinski definition) is 6. The van der Waals surface area contributed by atoms with Gasteiger partial charge in [0.2, 0.25) is 11.8 Å². The van der Waals surface area contributed by atoms with Crippen LogP contribution in [0.1, 0.15) is 58.9 Å². The molecule has 1 heterocycles. The van der Waals surface area contributed by atoms with Crippen LogP contribution in [0, 0.1) is 17.8 Å². The number of imide groups is 1. The van der Waals surface area contributed by atoms with Gasteiger partial charge >= 0.3 is 0 Å². The lowest BCUT2D eigenvalue weighted by Crippen LogP contribution is -2.46. The van der Waals surface area contributed by atoms with Crippen LogP contribution in [0.5, 0.6) is 11.5 Å². The van der Waals surface area contributed by atoms with Gasteiger partial charge in [-0.25, -0.2) is 0 Å². The maximum absolute atomic E-state index is 13.7. The van der Waals surface area contributed by atoms with Gasteiger partial charge in [-0.05, 0) is 77.2 Å². The van der Waals surface area contributed by atoms with E-state index in [1.54, 1.807) is 19.1 Å². The second-order valence-corrected chi connectivity index (χ2v) is 11.1. The average molecular weight is 490 g/mol. The van der Waals surface area contributed by atoms with E-state index in [0.29, 0.717) is 41.1 Å². The molecule has 1 N–H and O–H groups in total. The van der Waals surface area contributed by atoms with Crippen molar-refractivity contribution in [1.82, 2.24) is 4.90 Å². The van der Waals surface area contributed by atoms with Gasteiger partial charge in [-0.2, -0.15) is 0 Å². The van der Waals surface area contributed by atoms with E-state index in [2.05, 4.69) is 0 Å². The van der Waals surface area contributed by atoms with E-state index in [-0.39, 0.29) is 41.5 Å². The second-order valence-electron chi connectivity index (χ2n) is 11.1. The Labute approximate surface area is 210 Å². The Balaban J connectivity index is 1.68. The molecule has 4 atom stereocenters. The number of allylic oxidation sites excluding steroid dienone is 6. The summed E-state index contributed by atoms with van der Waals surface area (Å²) in [4.78, 5) is 55.0. The summed E-state index contributed by atoms with van der Waals surface area (Å²) in [5.41, 5.74) is 2.16. The minimum absolute atomic E-state index is 0.0148. The quantitative estimate of drug-likeness (QED) is 0.391. The standard InChI is InChI=1S/C29H31NO6/c1-6-36-22-12-15(7-10-20(22)31)23-16-8-9-17-24(28(35)30(27(17)34)29(3,4)5)18(16)13-19-25(23)21(32)11-14(2)26(19)33/h7-8,10-12,17-18,23-24,31H,6,9,13H2,1-5H3. The van der Waals surface area contributed by atoms with Gasteiger partial charge in [-0.1, -0.05) is 17.7 Å². The first-order valence-corrected chi connectivity index (χ1v) is 12.5. The monoisotopic (exact) mass is 489 g/mol. The van der Waals surface area contributed by atoms with Crippen LogP contribution in [0.4, 0.5) is 0 Å². The van der Waals surface area contributed by atoms with Gasteiger partial charge < -0.3 is 9.84 Å². The van der Waals surface area contributed by atoms with Crippen molar-refractivity contribution in [2.24, 2.45) is 17.8 Å². The highest BCUT2D eigenvalue weighted by atomic mass is 16.5. The summed E-state index contributed by atoms with van der Waals surface area (Å²) in [5, 5.41) is 10.3. The first-order chi connectivity index (χ1) is 17.0. The molecular weight excluding hydrogens is 458 g/mol. The van der Waals surface area contributed by atoms with Crippen molar-refractivity contribution in [3.8, 4) is 11.5 Å². The van der Waals surface area contributed by atoms with Crippen LogP contribution < -0.4 is 4.74 Å². The first kappa shape index (κ1) is 24.2. The van der Waals surface area contributed by atoms with E-state index in [4.69, 9.17) is 4.74 Å². The number of ether oxygens (including phenoxy) is 1. The molecule has 1 aromatic rings. The zero-order valence-electron chi connectivity index (χ0n) is 21.3. The van der Waals surface area contributed by atoms with Crippen molar-refractivity contribution in [2.45, 2.75) is 58.9 Å². The van der Waals surface area contributed by atoms with Crippen molar-refractivity contribution in [3.63, 3.8) is 0 Å². The normalized spacial score (nSPS) is 28.0. The number of fused-ring (bicyclic) bond motifs is 3. The fraction of sp³-hybridized carbons (Fsp3) is 0.448. The van der Waals surface area contributed by atoms with Crippen molar-refractivity contribution < 1.29 is 29.0 Å². The lowest BCUT2D eigenvalue weighted by molar-refractivity contribution is -0.145. The van der Waals surface area contributed by atoms with Crippen LogP contribution in [0.15, 0.2) is 52.6 Å². The van der Waals surface area contributed by atoms with Crippen molar-refractivity contribution >= 4 is 23.4 Å². The number of phenols is 1. The van der Waals surface area contributed by atoms with Crippen molar-refractivity contribution in [3.05, 3.63) is 58.2 Å². The summed E-state index contributed by atoms with van der Waals surface area (Å²) < 4.78 is 5.60. The van der Waals surface area contributed by atoms with Crippen LogP contribution in [-0.2, 0) is 19.2 Å². The topological polar surface area (TPSA) is 101 Å². The number of Topliss-reactive ketones (excluding diaryl/α,β-unsaturated/α-hetero) is 1. The molecule has 0 aromatic heterocycles. The molecule has 7 nitrogen and oxygen atoms in total. The molecule has 188 valence electrons. The molecule has 0 spiro atoms. The number of ketones is 2. The molecule has 4 aliphatic rings. The molecule has 1 aliphatic heterocycles. The third kappa shape index (κ3) is 3.47. The Morgan fingerprint density at radius 2 is 1.81 bits per heavy atom. The molecule has 3 aliphatic carbocycles. The van der Waals surface area contributed by atoms with Crippen LogP contribution in [0.2, 0.25) is 0 Å². The number of carbonyl (C=O) groups is 4. The smallest absolute Gasteiger partial charge is 0.234 e. The van der Waals surface area contributed by atoms with Crippen LogP contribution in [-0.4, -0.2) is 45.5 Å². The maximum Gasteiger partial charge on any atom is 0.234 e. The second kappa shape index (κ2) is 8.29. The number of aromatic hydroxyl groups is 1. The van der Waals surface area contributed by atoms with E-state index >= 15 is 0 Å². The summed E-state index contributed by atoms with van der Waals surface area (Å²) >= 11 is 0. The lowest BCUT2D eigenvalue weighted by Gasteiger charge is -2.42. The van der Waals surface area contributed by atoms with E-state index in [1.165, 1.54) is 17.0 Å². The molecule has 1 aromatic carbocycles. The third-order valence-corrected chi connectivity index (χ3v) is 7.85. The fourth-order valence-corrected chi connectivity index (χ4v) is 6.40. The third-order valence-electron chi connectivity index (χ3n) is 7.85. The zero-order chi connectivity index (χ0) is 26.1. The summed E-state index contributed by atoms with van der Waals surface area (Å²) in [6, 6.07) is 4.96. The average Bonchev–Trinajstić information content (AvgIpc) is 3.08. The lowest BCUT2D eigenvalue weighted by atomic mass is 9.59. The van der Waals surface area contributed by atoms with Gasteiger partial charge in [0, 0.05) is 28.2 Å². The fourth-order valence-electron chi connectivity index (χ4n) is 6.40. The van der Waals surface area contributed by atoms with Gasteiger partial charge in [0.05, 0.1) is 18.4 Å². The molecular formula is C29H31NO6. The Hall–Kier alpha value is -3.48. The van der Waals surface area contributed by atoms with Gasteiger partial charge in [-0.15, -0.1) is 0 Å². The Morgan fingerprint density at radius 3 is 2.47 bits per heavy atom. The van der Waals surface area contributed by atoms with Gasteiger partial charge in [0.1, 0.15) is 0 Å². The summed E-state index contributed by atoms with van der Waals surface area (Å²) in [6.45, 7) is 9.34. The number of nitrogens with zero attached hydrogens (tertiary/aromatic N) is 1. The number of likely N-dealkylation sites (tertiary alicyclic amines) is 1. The number of amides is 2. The molecule has 4 unspecified atom stereocenters. The van der Waals surface area contributed by atoms with Gasteiger partial charge in [0.15, 0.2) is 23.1 Å². The minimum Gasteiger partial charge on any atom is -0.504 e. The highest BCUT2D eigenvalue weighted by Crippen LogP contribution is 2.56. The maximum atomic E-state index is 13.7. The molecule has 0 bridgehead atoms. The Kier molecular flexibility index (Phi) is 5.58. The first-order valence-electron chi connectivity index (χ1n) is 12.5. The molecule has 5 rings (SSSR count). The number of carbonyl (C=O) groups excluding carboxylic acids is 4. The van der Waals surface area contributed by atoms with E-state index in [9.17, 15) is 24.3 Å². The highest BCUT2D eigenvalue weighted by Gasteiger charge is 2.58. The van der Waals surface area contributed by atoms with Crippen LogP contribution in [0.25, 0.3) is 0 Å². The molecule has 2 amide bonds. The molecule has 0 radical (unpaired) electrons. The molecule has 1 saturated heterocycles. The van der Waals surface area contributed by atoms with Crippen molar-refractivity contribution in [2.75, 3.05) is 6.61 Å². The number of benzene rings is 1. The number of phenolic OH excluding ortho intramolecular Hbond substituents is 1. The summed E-state index contributed by atoms with van der Waals surface area (Å²) in [5.74, 6) is -2.50. The molecule has 36 heavy (non-hydrogen) atoms. The zero-order valence-corrected chi connectivity index (χ0v) is 21.3. The number of rotatable bonds is 3.